The zero-order valence-electron chi connectivity index (χ0n) is 5.39. The fourth-order valence-corrected chi connectivity index (χ4v) is 0.659. The summed E-state index contributed by atoms with van der Waals surface area (Å²) in [7, 11) is 0. The quantitative estimate of drug-likeness (QED) is 0.512. The van der Waals surface area contributed by atoms with Gasteiger partial charge in [-0.2, -0.15) is 9.90 Å². The topological polar surface area (TPSA) is 0 Å². The molecule has 0 aliphatic rings. The normalized spacial score (nSPS) is 8.22. The van der Waals surface area contributed by atoms with Crippen LogP contribution in [0.5, 0.6) is 0 Å². The third kappa shape index (κ3) is 2.84. The molecular formula is C7H10ClP. The number of benzene rings is 1. The van der Waals surface area contributed by atoms with Gasteiger partial charge in [0.15, 0.2) is 0 Å². The lowest BCUT2D eigenvalue weighted by atomic mass is 10.2. The van der Waals surface area contributed by atoms with E-state index in [1.807, 2.05) is 31.2 Å². The van der Waals surface area contributed by atoms with E-state index in [9.17, 15) is 0 Å². The standard InChI is InChI=1S/C7H7Cl.H3P/c1-6-2-4-7(8)5-3-6;/h2-5H,1H3;1H3. The Labute approximate surface area is 63.9 Å². The van der Waals surface area contributed by atoms with Crippen LogP contribution in [0.4, 0.5) is 0 Å². The van der Waals surface area contributed by atoms with Crippen molar-refractivity contribution < 1.29 is 0 Å². The first kappa shape index (κ1) is 8.94. The van der Waals surface area contributed by atoms with Gasteiger partial charge in [0.25, 0.3) is 0 Å². The SMILES string of the molecule is Cc1ccc(Cl)cc1.P. The molecule has 0 N–H and O–H groups in total. The number of rotatable bonds is 0. The van der Waals surface area contributed by atoms with Crippen molar-refractivity contribution in [3.05, 3.63) is 34.9 Å². The molecule has 0 aliphatic carbocycles. The molecule has 0 fully saturated rings. The Bertz CT molecular complexity index is 148. The molecule has 0 spiro atoms. The zero-order chi connectivity index (χ0) is 5.98. The predicted octanol–water partition coefficient (Wildman–Crippen LogP) is 2.71. The minimum absolute atomic E-state index is 0. The average Bonchev–Trinajstić information content (AvgIpc) is 1.77. The summed E-state index contributed by atoms with van der Waals surface area (Å²) >= 11 is 5.61. The summed E-state index contributed by atoms with van der Waals surface area (Å²) in [6, 6.07) is 7.75. The summed E-state index contributed by atoms with van der Waals surface area (Å²) in [5.41, 5.74) is 1.24. The van der Waals surface area contributed by atoms with Gasteiger partial charge in [0.05, 0.1) is 0 Å². The van der Waals surface area contributed by atoms with Crippen molar-refractivity contribution in [3.8, 4) is 0 Å². The van der Waals surface area contributed by atoms with Crippen molar-refractivity contribution in [1.29, 1.82) is 0 Å². The molecule has 1 atom stereocenters. The van der Waals surface area contributed by atoms with Crippen molar-refractivity contribution in [3.63, 3.8) is 0 Å². The Morgan fingerprint density at radius 3 is 1.89 bits per heavy atom. The van der Waals surface area contributed by atoms with Crippen LogP contribution < -0.4 is 0 Å². The summed E-state index contributed by atoms with van der Waals surface area (Å²) in [4.78, 5) is 0. The molecule has 0 bridgehead atoms. The first-order valence-corrected chi connectivity index (χ1v) is 2.89. The Kier molecular flexibility index (Phi) is 3.84. The molecule has 0 saturated carbocycles. The Morgan fingerprint density at radius 2 is 1.56 bits per heavy atom. The number of aryl methyl sites for hydroxylation is 1. The van der Waals surface area contributed by atoms with Crippen LogP contribution >= 0.6 is 21.5 Å². The lowest BCUT2D eigenvalue weighted by Gasteiger charge is -1.88. The van der Waals surface area contributed by atoms with E-state index in [0.29, 0.717) is 0 Å². The van der Waals surface area contributed by atoms with Crippen molar-refractivity contribution in [2.24, 2.45) is 0 Å². The molecular weight excluding hydrogens is 151 g/mol. The average molecular weight is 161 g/mol. The monoisotopic (exact) mass is 160 g/mol. The van der Waals surface area contributed by atoms with Crippen LogP contribution in [0.2, 0.25) is 5.02 Å². The molecule has 0 nitrogen and oxygen atoms in total. The van der Waals surface area contributed by atoms with E-state index in [2.05, 4.69) is 0 Å². The van der Waals surface area contributed by atoms with Gasteiger partial charge in [0.1, 0.15) is 0 Å². The van der Waals surface area contributed by atoms with E-state index < -0.39 is 0 Å². The fourth-order valence-electron chi connectivity index (χ4n) is 0.533. The molecule has 9 heavy (non-hydrogen) atoms. The van der Waals surface area contributed by atoms with Gasteiger partial charge in [-0.25, -0.2) is 0 Å². The molecule has 0 amide bonds. The second-order valence-corrected chi connectivity index (χ2v) is 2.23. The predicted molar refractivity (Wildman–Crippen MR) is 47.3 cm³/mol. The highest BCUT2D eigenvalue weighted by atomic mass is 35.5. The van der Waals surface area contributed by atoms with Crippen LogP contribution in [0.15, 0.2) is 24.3 Å². The molecule has 0 radical (unpaired) electrons. The molecule has 50 valence electrons. The van der Waals surface area contributed by atoms with Gasteiger partial charge in [-0.3, -0.25) is 0 Å². The first-order chi connectivity index (χ1) is 3.79. The minimum Gasteiger partial charge on any atom is -0.153 e. The van der Waals surface area contributed by atoms with Gasteiger partial charge >= 0.3 is 0 Å². The van der Waals surface area contributed by atoms with E-state index in [1.165, 1.54) is 5.56 Å². The molecule has 0 heterocycles. The molecule has 2 heteroatoms. The van der Waals surface area contributed by atoms with Gasteiger partial charge in [0, 0.05) is 5.02 Å². The van der Waals surface area contributed by atoms with Crippen LogP contribution in [0, 0.1) is 6.92 Å². The zero-order valence-corrected chi connectivity index (χ0v) is 7.56. The largest absolute Gasteiger partial charge is 0.153 e. The second kappa shape index (κ2) is 3.87. The van der Waals surface area contributed by atoms with E-state index in [1.54, 1.807) is 0 Å². The highest BCUT2D eigenvalue weighted by Gasteiger charge is 1.81. The van der Waals surface area contributed by atoms with E-state index in [4.69, 9.17) is 11.6 Å². The van der Waals surface area contributed by atoms with Gasteiger partial charge in [-0.1, -0.05) is 29.3 Å². The third-order valence-corrected chi connectivity index (χ3v) is 1.26. The molecule has 1 aromatic carbocycles. The van der Waals surface area contributed by atoms with Crippen LogP contribution in [0.1, 0.15) is 5.56 Å². The lowest BCUT2D eigenvalue weighted by molar-refractivity contribution is 1.48. The van der Waals surface area contributed by atoms with Gasteiger partial charge < -0.3 is 0 Å². The highest BCUT2D eigenvalue weighted by Crippen LogP contribution is 2.07. The lowest BCUT2D eigenvalue weighted by Crippen LogP contribution is -1.66. The van der Waals surface area contributed by atoms with Crippen LogP contribution in [-0.4, -0.2) is 0 Å². The van der Waals surface area contributed by atoms with Crippen LogP contribution in [0.3, 0.4) is 0 Å². The molecule has 1 aromatic rings. The van der Waals surface area contributed by atoms with Crippen LogP contribution in [-0.2, 0) is 0 Å². The van der Waals surface area contributed by atoms with Crippen molar-refractivity contribution in [2.75, 3.05) is 0 Å². The van der Waals surface area contributed by atoms with Crippen molar-refractivity contribution in [2.45, 2.75) is 6.92 Å². The smallest absolute Gasteiger partial charge is 0.0406 e. The second-order valence-electron chi connectivity index (χ2n) is 1.80. The summed E-state index contributed by atoms with van der Waals surface area (Å²) in [6.07, 6.45) is 0. The number of hydrogen-bond acceptors (Lipinski definition) is 0. The first-order valence-electron chi connectivity index (χ1n) is 2.51. The molecule has 1 unspecified atom stereocenters. The summed E-state index contributed by atoms with van der Waals surface area (Å²) < 4.78 is 0. The Balaban J connectivity index is 0.000000640. The molecule has 0 aromatic heterocycles. The summed E-state index contributed by atoms with van der Waals surface area (Å²) in [5, 5.41) is 0.801. The van der Waals surface area contributed by atoms with E-state index in [0.717, 1.165) is 5.02 Å². The Hall–Kier alpha value is -0.0600. The molecule has 1 rings (SSSR count). The van der Waals surface area contributed by atoms with E-state index in [-0.39, 0.29) is 9.90 Å². The van der Waals surface area contributed by atoms with Gasteiger partial charge in [0.2, 0.25) is 0 Å². The summed E-state index contributed by atoms with van der Waals surface area (Å²) in [6.45, 7) is 2.04. The van der Waals surface area contributed by atoms with Crippen molar-refractivity contribution in [1.82, 2.24) is 0 Å². The van der Waals surface area contributed by atoms with Crippen molar-refractivity contribution >= 4 is 21.5 Å². The highest BCUT2D eigenvalue weighted by molar-refractivity contribution is 6.92. The van der Waals surface area contributed by atoms with Gasteiger partial charge in [-0.15, -0.1) is 0 Å². The molecule has 0 saturated heterocycles. The maximum absolute atomic E-state index is 5.61. The third-order valence-electron chi connectivity index (χ3n) is 1.01. The van der Waals surface area contributed by atoms with E-state index >= 15 is 0 Å². The fraction of sp³-hybridized carbons (Fsp3) is 0.143. The Morgan fingerprint density at radius 1 is 1.11 bits per heavy atom. The molecule has 0 aliphatic heterocycles. The number of halogens is 1. The van der Waals surface area contributed by atoms with Crippen LogP contribution in [0.25, 0.3) is 0 Å². The number of hydrogen-bond donors (Lipinski definition) is 0. The van der Waals surface area contributed by atoms with Gasteiger partial charge in [-0.05, 0) is 19.1 Å². The maximum atomic E-state index is 5.61. The maximum Gasteiger partial charge on any atom is 0.0406 e. The summed E-state index contributed by atoms with van der Waals surface area (Å²) in [5.74, 6) is 0. The minimum atomic E-state index is 0.